The summed E-state index contributed by atoms with van der Waals surface area (Å²) in [5.41, 5.74) is 2.40. The lowest BCUT2D eigenvalue weighted by molar-refractivity contribution is -0.117. The first-order valence-electron chi connectivity index (χ1n) is 12.8. The first-order chi connectivity index (χ1) is 17.7. The highest BCUT2D eigenvalue weighted by Crippen LogP contribution is 2.39. The van der Waals surface area contributed by atoms with Gasteiger partial charge >= 0.3 is 0 Å². The second-order valence-corrected chi connectivity index (χ2v) is 9.04. The van der Waals surface area contributed by atoms with Gasteiger partial charge in [0.25, 0.3) is 0 Å². The Balaban J connectivity index is 1.41. The number of anilines is 3. The van der Waals surface area contributed by atoms with Crippen molar-refractivity contribution in [2.75, 3.05) is 48.3 Å². The van der Waals surface area contributed by atoms with Crippen molar-refractivity contribution in [1.82, 2.24) is 24.6 Å². The van der Waals surface area contributed by atoms with Gasteiger partial charge in [-0.3, -0.25) is 4.79 Å². The van der Waals surface area contributed by atoms with Gasteiger partial charge in [0.05, 0.1) is 25.1 Å². The van der Waals surface area contributed by atoms with Crippen molar-refractivity contribution in [2.24, 2.45) is 11.8 Å². The van der Waals surface area contributed by atoms with E-state index in [1.165, 1.54) is 6.92 Å². The summed E-state index contributed by atoms with van der Waals surface area (Å²) in [7, 11) is 0. The highest BCUT2D eigenvalue weighted by Gasteiger charge is 2.39. The molecule has 2 aliphatic rings. The van der Waals surface area contributed by atoms with E-state index in [1.807, 2.05) is 18.3 Å². The first-order valence-corrected chi connectivity index (χ1v) is 11.8. The van der Waals surface area contributed by atoms with Gasteiger partial charge in [-0.2, -0.15) is 0 Å². The van der Waals surface area contributed by atoms with Gasteiger partial charge in [0.15, 0.2) is 11.5 Å². The van der Waals surface area contributed by atoms with Crippen LogP contribution in [0.5, 0.6) is 0 Å². The number of morpholine rings is 1. The number of carbonyl (C=O) groups excluding carboxylic acids is 1. The molecule has 0 aromatic carbocycles. The van der Waals surface area contributed by atoms with E-state index in [4.69, 9.17) is 17.6 Å². The smallest absolute Gasteiger partial charge is 0.228 e. The molecule has 10 heteroatoms. The number of fused-ring (bicyclic) bond motifs is 2. The average Bonchev–Trinajstić information content (AvgIpc) is 3.46. The predicted molar refractivity (Wildman–Crippen MR) is 135 cm³/mol. The van der Waals surface area contributed by atoms with Gasteiger partial charge in [0.2, 0.25) is 5.91 Å². The molecule has 2 fully saturated rings. The molecule has 2 unspecified atom stereocenters. The SMILES string of the molecule is [2H]C([2H])(C)Nc1ncc(-c2nc3ccc(N4CCOCC4)cn3n2)c2cc(NC(=O)C3CC3C)ncc12. The van der Waals surface area contributed by atoms with E-state index in [-0.39, 0.29) is 11.8 Å². The molecule has 6 rings (SSSR count). The molecule has 1 saturated carbocycles. The summed E-state index contributed by atoms with van der Waals surface area (Å²) in [5, 5.41) is 11.8. The second-order valence-electron chi connectivity index (χ2n) is 9.04. The van der Waals surface area contributed by atoms with Gasteiger partial charge in [-0.1, -0.05) is 6.92 Å². The fraction of sp³-hybridized carbons (Fsp3) is 0.400. The van der Waals surface area contributed by atoms with Crippen molar-refractivity contribution in [3.8, 4) is 11.4 Å². The van der Waals surface area contributed by atoms with Gasteiger partial charge in [-0.25, -0.2) is 19.5 Å². The summed E-state index contributed by atoms with van der Waals surface area (Å²) in [6.07, 6.45) is 6.06. The summed E-state index contributed by atoms with van der Waals surface area (Å²) in [6.45, 7) is 4.82. The average molecular weight is 475 g/mol. The third kappa shape index (κ3) is 4.14. The Morgan fingerprint density at radius 3 is 2.83 bits per heavy atom. The molecule has 1 aliphatic carbocycles. The Hall–Kier alpha value is -3.79. The maximum atomic E-state index is 12.5. The zero-order chi connectivity index (χ0) is 25.7. The minimum absolute atomic E-state index is 0.0136. The van der Waals surface area contributed by atoms with Crippen molar-refractivity contribution in [3.63, 3.8) is 0 Å². The molecular formula is C25H28N8O2. The van der Waals surface area contributed by atoms with Crippen LogP contribution in [-0.2, 0) is 9.53 Å². The van der Waals surface area contributed by atoms with Crippen LogP contribution in [0.3, 0.4) is 0 Å². The molecule has 4 aromatic heterocycles. The third-order valence-corrected chi connectivity index (χ3v) is 6.65. The molecule has 4 aromatic rings. The molecule has 0 spiro atoms. The number of hydrogen-bond acceptors (Lipinski definition) is 8. The van der Waals surface area contributed by atoms with Gasteiger partial charge in [-0.15, -0.1) is 5.10 Å². The Morgan fingerprint density at radius 2 is 2.06 bits per heavy atom. The lowest BCUT2D eigenvalue weighted by atomic mass is 10.1. The molecule has 5 heterocycles. The standard InChI is InChI=1S/C25H28N8O2/c1-3-26-23-19-12-27-21(29-25(34)17-10-15(17)2)11-18(19)20(13-28-23)24-30-22-5-4-16(14-33(22)31-24)32-6-8-35-9-7-32/h4-5,11-15,17H,3,6-10H2,1-2H3,(H,26,28)(H,27,29,34)/i3D2. The largest absolute Gasteiger partial charge is 0.378 e. The minimum Gasteiger partial charge on any atom is -0.378 e. The second kappa shape index (κ2) is 8.77. The molecule has 2 atom stereocenters. The molecule has 0 radical (unpaired) electrons. The van der Waals surface area contributed by atoms with Crippen LogP contribution in [0.1, 0.15) is 23.0 Å². The van der Waals surface area contributed by atoms with Crippen molar-refractivity contribution in [1.29, 1.82) is 0 Å². The first kappa shape index (κ1) is 19.5. The molecule has 0 bridgehead atoms. The van der Waals surface area contributed by atoms with Crippen molar-refractivity contribution in [3.05, 3.63) is 36.8 Å². The Morgan fingerprint density at radius 1 is 1.23 bits per heavy atom. The van der Waals surface area contributed by atoms with Crippen LogP contribution in [0.15, 0.2) is 36.8 Å². The highest BCUT2D eigenvalue weighted by atomic mass is 16.5. The zero-order valence-corrected chi connectivity index (χ0v) is 19.7. The number of aromatic nitrogens is 5. The molecule has 10 nitrogen and oxygen atoms in total. The molecule has 35 heavy (non-hydrogen) atoms. The number of pyridine rings is 3. The number of ether oxygens (including phenoxy) is 1. The van der Waals surface area contributed by atoms with E-state index >= 15 is 0 Å². The van der Waals surface area contributed by atoms with Crippen LogP contribution in [0.2, 0.25) is 0 Å². The maximum Gasteiger partial charge on any atom is 0.228 e. The summed E-state index contributed by atoms with van der Waals surface area (Å²) in [5.74, 6) is 1.60. The van der Waals surface area contributed by atoms with E-state index in [2.05, 4.69) is 32.4 Å². The minimum atomic E-state index is -1.69. The lowest BCUT2D eigenvalue weighted by Gasteiger charge is -2.28. The molecule has 180 valence electrons. The lowest BCUT2D eigenvalue weighted by Crippen LogP contribution is -2.36. The predicted octanol–water partition coefficient (Wildman–Crippen LogP) is 3.20. The van der Waals surface area contributed by atoms with Crippen molar-refractivity contribution >= 4 is 39.6 Å². The monoisotopic (exact) mass is 474 g/mol. The normalized spacial score (nSPS) is 21.0. The summed E-state index contributed by atoms with van der Waals surface area (Å²) in [6, 6.07) is 5.74. The van der Waals surface area contributed by atoms with Crippen LogP contribution in [0.4, 0.5) is 17.3 Å². The maximum absolute atomic E-state index is 12.5. The van der Waals surface area contributed by atoms with Crippen LogP contribution in [0.25, 0.3) is 27.8 Å². The van der Waals surface area contributed by atoms with Gasteiger partial charge in [-0.05, 0) is 37.5 Å². The quantitative estimate of drug-likeness (QED) is 0.438. The number of nitrogens with one attached hydrogen (secondary N) is 2. The molecule has 2 N–H and O–H groups in total. The fourth-order valence-corrected chi connectivity index (χ4v) is 4.50. The van der Waals surface area contributed by atoms with E-state index in [0.717, 1.165) is 25.2 Å². The van der Waals surface area contributed by atoms with Crippen LogP contribution < -0.4 is 15.5 Å². The Labute approximate surface area is 205 Å². The Kier molecular flexibility index (Phi) is 4.89. The zero-order valence-electron chi connectivity index (χ0n) is 21.7. The number of rotatable bonds is 6. The van der Waals surface area contributed by atoms with Crippen LogP contribution >= 0.6 is 0 Å². The molecule has 1 amide bonds. The number of carbonyl (C=O) groups is 1. The van der Waals surface area contributed by atoms with Gasteiger partial charge < -0.3 is 20.3 Å². The molecule has 1 aliphatic heterocycles. The third-order valence-electron chi connectivity index (χ3n) is 6.65. The van der Waals surface area contributed by atoms with E-state index in [1.54, 1.807) is 23.0 Å². The van der Waals surface area contributed by atoms with Crippen molar-refractivity contribution < 1.29 is 12.3 Å². The fourth-order valence-electron chi connectivity index (χ4n) is 4.50. The van der Waals surface area contributed by atoms with E-state index < -0.39 is 6.50 Å². The van der Waals surface area contributed by atoms with E-state index in [0.29, 0.717) is 58.6 Å². The van der Waals surface area contributed by atoms with Crippen LogP contribution in [-0.4, -0.2) is 63.3 Å². The number of nitrogens with zero attached hydrogens (tertiary/aromatic N) is 6. The Bertz CT molecular complexity index is 1500. The van der Waals surface area contributed by atoms with E-state index in [9.17, 15) is 4.79 Å². The van der Waals surface area contributed by atoms with Crippen LogP contribution in [0, 0.1) is 11.8 Å². The summed E-state index contributed by atoms with van der Waals surface area (Å²) < 4.78 is 23.1. The molecular weight excluding hydrogens is 444 g/mol. The van der Waals surface area contributed by atoms with Crippen molar-refractivity contribution in [2.45, 2.75) is 20.3 Å². The van der Waals surface area contributed by atoms with Gasteiger partial charge in [0, 0.05) is 57.0 Å². The van der Waals surface area contributed by atoms with Gasteiger partial charge in [0.1, 0.15) is 11.6 Å². The topological polar surface area (TPSA) is 110 Å². The summed E-state index contributed by atoms with van der Waals surface area (Å²) >= 11 is 0. The number of hydrogen-bond donors (Lipinski definition) is 2. The highest BCUT2D eigenvalue weighted by molar-refractivity contribution is 6.03. The summed E-state index contributed by atoms with van der Waals surface area (Å²) in [4.78, 5) is 28.4. The number of amides is 1. The molecule has 1 saturated heterocycles.